The molecule has 2 amide bonds. The molecule has 1 aliphatic heterocycles. The summed E-state index contributed by atoms with van der Waals surface area (Å²) >= 11 is 0. The monoisotopic (exact) mass is 453 g/mol. The molecule has 0 aliphatic carbocycles. The number of carbonyl (C=O) groups excluding carboxylic acids is 3. The molecule has 1 heterocycles. The Morgan fingerprint density at radius 3 is 2.19 bits per heavy atom. The smallest absolute Gasteiger partial charge is 0.251 e. The van der Waals surface area contributed by atoms with Gasteiger partial charge in [-0.15, -0.1) is 0 Å². The van der Waals surface area contributed by atoms with Crippen molar-refractivity contribution < 1.29 is 14.4 Å². The fourth-order valence-corrected chi connectivity index (χ4v) is 3.03. The third-order valence-corrected chi connectivity index (χ3v) is 5.16. The van der Waals surface area contributed by atoms with Crippen LogP contribution in [-0.4, -0.2) is 48.0 Å². The van der Waals surface area contributed by atoms with Gasteiger partial charge in [-0.05, 0) is 31.5 Å². The number of amides is 2. The Hall–Kier alpha value is -1.94. The van der Waals surface area contributed by atoms with Crippen LogP contribution >= 0.6 is 8.58 Å². The molecule has 0 radical (unpaired) electrons. The minimum Gasteiger partial charge on any atom is -0.380 e. The number of rotatable bonds is 13. The highest BCUT2D eigenvalue weighted by Crippen LogP contribution is 2.15. The number of hydrogen-bond acceptors (Lipinski definition) is 4. The normalized spacial score (nSPS) is 13.5. The van der Waals surface area contributed by atoms with Crippen molar-refractivity contribution in [1.82, 2.24) is 15.5 Å². The molecule has 6 nitrogen and oxygen atoms in total. The first-order chi connectivity index (χ1) is 14.8. The van der Waals surface area contributed by atoms with Gasteiger partial charge in [0, 0.05) is 30.4 Å². The van der Waals surface area contributed by atoms with E-state index in [0.717, 1.165) is 25.0 Å². The number of allylic oxidation sites excluding steroid dienone is 1. The molecule has 0 spiro atoms. The Kier molecular flexibility index (Phi) is 18.9. The standard InChI is InChI=1S/C20H32N3O3P.2C2H6/c1-14(2)20(16(4)21-13-19(26)27-5)22-17(24)9-7-6-8-12-23-15(3)10-11-18(23)25;2*1-2/h10-11,14,20-21,27H,3-4,6-9,12-13H2,1-2,5H3,(H,22,24);2*1-2H3. The summed E-state index contributed by atoms with van der Waals surface area (Å²) in [6, 6.07) is -0.206. The highest BCUT2D eigenvalue weighted by Gasteiger charge is 2.20. The van der Waals surface area contributed by atoms with Crippen LogP contribution in [0, 0.1) is 5.92 Å². The number of carbonyl (C=O) groups is 3. The summed E-state index contributed by atoms with van der Waals surface area (Å²) in [5.74, 6) is 0.127. The minimum absolute atomic E-state index is 0.0226. The van der Waals surface area contributed by atoms with Crippen LogP contribution < -0.4 is 10.6 Å². The molecule has 0 aromatic carbocycles. The van der Waals surface area contributed by atoms with Crippen molar-refractivity contribution in [2.75, 3.05) is 19.8 Å². The predicted octanol–water partition coefficient (Wildman–Crippen LogP) is 4.59. The van der Waals surface area contributed by atoms with E-state index < -0.39 is 0 Å². The molecule has 1 aliphatic rings. The first-order valence-corrected chi connectivity index (χ1v) is 12.9. The maximum absolute atomic E-state index is 12.2. The molecule has 2 atom stereocenters. The van der Waals surface area contributed by atoms with E-state index in [1.165, 1.54) is 6.08 Å². The van der Waals surface area contributed by atoms with E-state index in [0.29, 0.717) is 18.7 Å². The van der Waals surface area contributed by atoms with Crippen LogP contribution in [0.25, 0.3) is 0 Å². The zero-order chi connectivity index (χ0) is 24.4. The Morgan fingerprint density at radius 1 is 1.10 bits per heavy atom. The third kappa shape index (κ3) is 13.2. The van der Waals surface area contributed by atoms with Gasteiger partial charge in [0.05, 0.1) is 12.6 Å². The van der Waals surface area contributed by atoms with Gasteiger partial charge in [-0.1, -0.05) is 69.7 Å². The van der Waals surface area contributed by atoms with Gasteiger partial charge in [-0.25, -0.2) is 0 Å². The SMILES string of the molecule is C=C(NCC(=O)PC)C(NC(=O)CCCCCN1C(=C)C=CC1=O)C(C)C.CC.CC. The summed E-state index contributed by atoms with van der Waals surface area (Å²) in [6.45, 7) is 22.6. The Morgan fingerprint density at radius 2 is 1.71 bits per heavy atom. The van der Waals surface area contributed by atoms with E-state index >= 15 is 0 Å². The Balaban J connectivity index is 0. The second-order valence-corrected chi connectivity index (χ2v) is 8.02. The molecule has 0 fully saturated rings. The highest BCUT2D eigenvalue weighted by molar-refractivity contribution is 7.57. The van der Waals surface area contributed by atoms with Gasteiger partial charge in [-0.2, -0.15) is 0 Å². The van der Waals surface area contributed by atoms with Crippen molar-refractivity contribution in [3.63, 3.8) is 0 Å². The van der Waals surface area contributed by atoms with Crippen LogP contribution in [0.4, 0.5) is 0 Å². The lowest BCUT2D eigenvalue weighted by molar-refractivity contribution is -0.124. The molecular formula is C24H44N3O3P. The zero-order valence-corrected chi connectivity index (χ0v) is 21.6. The lowest BCUT2D eigenvalue weighted by Crippen LogP contribution is -2.44. The fourth-order valence-electron chi connectivity index (χ4n) is 2.77. The number of nitrogens with one attached hydrogen (secondary N) is 2. The van der Waals surface area contributed by atoms with Crippen molar-refractivity contribution in [2.45, 2.75) is 73.3 Å². The molecule has 31 heavy (non-hydrogen) atoms. The van der Waals surface area contributed by atoms with Gasteiger partial charge < -0.3 is 15.5 Å². The average Bonchev–Trinajstić information content (AvgIpc) is 3.09. The summed E-state index contributed by atoms with van der Waals surface area (Å²) in [5, 5.41) is 6.04. The van der Waals surface area contributed by atoms with Crippen molar-refractivity contribution in [1.29, 1.82) is 0 Å². The lowest BCUT2D eigenvalue weighted by atomic mass is 10.0. The first kappa shape index (κ1) is 31.2. The topological polar surface area (TPSA) is 78.5 Å². The third-order valence-electron chi connectivity index (χ3n) is 4.43. The molecule has 0 saturated heterocycles. The van der Waals surface area contributed by atoms with Crippen molar-refractivity contribution >= 4 is 25.9 Å². The number of nitrogens with zero attached hydrogens (tertiary/aromatic N) is 1. The van der Waals surface area contributed by atoms with E-state index in [9.17, 15) is 14.4 Å². The second kappa shape index (κ2) is 18.8. The van der Waals surface area contributed by atoms with Crippen LogP contribution in [-0.2, 0) is 14.4 Å². The zero-order valence-electron chi connectivity index (χ0n) is 20.6. The van der Waals surface area contributed by atoms with E-state index in [4.69, 9.17) is 0 Å². The summed E-state index contributed by atoms with van der Waals surface area (Å²) in [4.78, 5) is 37.0. The van der Waals surface area contributed by atoms with Crippen LogP contribution in [0.3, 0.4) is 0 Å². The molecule has 1 rings (SSSR count). The van der Waals surface area contributed by atoms with Gasteiger partial charge in [-0.3, -0.25) is 14.4 Å². The molecule has 2 N–H and O–H groups in total. The van der Waals surface area contributed by atoms with Gasteiger partial charge in [0.1, 0.15) is 0 Å². The van der Waals surface area contributed by atoms with E-state index in [-0.39, 0.29) is 44.4 Å². The Labute approximate surface area is 191 Å². The number of unbranched alkanes of at least 4 members (excludes halogenated alkanes) is 2. The van der Waals surface area contributed by atoms with Crippen LogP contribution in [0.15, 0.2) is 36.7 Å². The molecule has 7 heteroatoms. The lowest BCUT2D eigenvalue weighted by Gasteiger charge is -2.25. The predicted molar refractivity (Wildman–Crippen MR) is 134 cm³/mol. The summed E-state index contributed by atoms with van der Waals surface area (Å²) < 4.78 is 0. The van der Waals surface area contributed by atoms with Crippen LogP contribution in [0.5, 0.6) is 0 Å². The maximum atomic E-state index is 12.2. The van der Waals surface area contributed by atoms with Crippen LogP contribution in [0.1, 0.15) is 67.2 Å². The molecule has 0 aromatic heterocycles. The average molecular weight is 454 g/mol. The number of hydrogen-bond donors (Lipinski definition) is 2. The molecule has 0 bridgehead atoms. The van der Waals surface area contributed by atoms with E-state index in [1.54, 1.807) is 11.0 Å². The quantitative estimate of drug-likeness (QED) is 0.316. The van der Waals surface area contributed by atoms with Gasteiger partial charge in [0.2, 0.25) is 5.91 Å². The highest BCUT2D eigenvalue weighted by atomic mass is 31.1. The molecule has 0 aromatic rings. The summed E-state index contributed by atoms with van der Waals surface area (Å²) in [7, 11) is 0.249. The Bertz CT molecular complexity index is 597. The summed E-state index contributed by atoms with van der Waals surface area (Å²) in [5.41, 5.74) is 1.54. The van der Waals surface area contributed by atoms with Gasteiger partial charge >= 0.3 is 0 Å². The molecular weight excluding hydrogens is 409 g/mol. The van der Waals surface area contributed by atoms with Crippen molar-refractivity contribution in [3.05, 3.63) is 36.7 Å². The summed E-state index contributed by atoms with van der Waals surface area (Å²) in [6.07, 6.45) is 6.13. The molecule has 0 saturated carbocycles. The van der Waals surface area contributed by atoms with Crippen LogP contribution in [0.2, 0.25) is 0 Å². The second-order valence-electron chi connectivity index (χ2n) is 6.97. The first-order valence-electron chi connectivity index (χ1n) is 11.4. The van der Waals surface area contributed by atoms with Crippen molar-refractivity contribution in [3.8, 4) is 0 Å². The maximum Gasteiger partial charge on any atom is 0.251 e. The minimum atomic E-state index is -0.206. The molecule has 2 unspecified atom stereocenters. The van der Waals surface area contributed by atoms with E-state index in [2.05, 4.69) is 23.8 Å². The largest absolute Gasteiger partial charge is 0.380 e. The van der Waals surface area contributed by atoms with Crippen molar-refractivity contribution in [2.24, 2.45) is 5.92 Å². The molecule has 178 valence electrons. The van der Waals surface area contributed by atoms with E-state index in [1.807, 2.05) is 48.2 Å². The van der Waals surface area contributed by atoms with Gasteiger partial charge in [0.25, 0.3) is 5.91 Å². The fraction of sp³-hybridized carbons (Fsp3) is 0.625. The van der Waals surface area contributed by atoms with Gasteiger partial charge in [0.15, 0.2) is 5.52 Å².